The van der Waals surface area contributed by atoms with Crippen LogP contribution in [0.25, 0.3) is 0 Å². The monoisotopic (exact) mass is 285 g/mol. The summed E-state index contributed by atoms with van der Waals surface area (Å²) in [7, 11) is 0. The Hall–Kier alpha value is -2.31. The summed E-state index contributed by atoms with van der Waals surface area (Å²) in [5.41, 5.74) is 1.07. The SMILES string of the molecule is O=C(OCCC#Cc1ccccn1)c1ccccc1Cl. The Morgan fingerprint density at radius 2 is 2.00 bits per heavy atom. The van der Waals surface area contributed by atoms with Crippen LogP contribution >= 0.6 is 11.6 Å². The van der Waals surface area contributed by atoms with Crippen LogP contribution in [-0.2, 0) is 4.74 Å². The van der Waals surface area contributed by atoms with Crippen molar-refractivity contribution < 1.29 is 9.53 Å². The molecule has 4 heteroatoms. The van der Waals surface area contributed by atoms with E-state index in [4.69, 9.17) is 16.3 Å². The lowest BCUT2D eigenvalue weighted by Crippen LogP contribution is -2.06. The minimum Gasteiger partial charge on any atom is -0.461 e. The van der Waals surface area contributed by atoms with Gasteiger partial charge in [-0.1, -0.05) is 35.7 Å². The molecule has 100 valence electrons. The summed E-state index contributed by atoms with van der Waals surface area (Å²) in [4.78, 5) is 15.8. The molecular weight excluding hydrogens is 274 g/mol. The summed E-state index contributed by atoms with van der Waals surface area (Å²) in [5.74, 6) is 5.36. The molecule has 0 saturated heterocycles. The minimum atomic E-state index is -0.435. The number of carbonyl (C=O) groups is 1. The largest absolute Gasteiger partial charge is 0.461 e. The Bertz CT molecular complexity index is 644. The number of hydrogen-bond acceptors (Lipinski definition) is 3. The lowest BCUT2D eigenvalue weighted by molar-refractivity contribution is 0.0514. The number of nitrogens with zero attached hydrogens (tertiary/aromatic N) is 1. The third-order valence-electron chi connectivity index (χ3n) is 2.44. The van der Waals surface area contributed by atoms with E-state index < -0.39 is 5.97 Å². The van der Waals surface area contributed by atoms with Gasteiger partial charge in [-0.2, -0.15) is 0 Å². The predicted octanol–water partition coefficient (Wildman–Crippen LogP) is 3.33. The van der Waals surface area contributed by atoms with Crippen molar-refractivity contribution in [2.45, 2.75) is 6.42 Å². The van der Waals surface area contributed by atoms with Gasteiger partial charge in [-0.3, -0.25) is 0 Å². The Labute approximate surface area is 122 Å². The van der Waals surface area contributed by atoms with Crippen molar-refractivity contribution in [2.75, 3.05) is 6.61 Å². The number of rotatable bonds is 3. The number of ether oxygens (including phenoxy) is 1. The van der Waals surface area contributed by atoms with Gasteiger partial charge in [-0.15, -0.1) is 0 Å². The molecule has 0 amide bonds. The highest BCUT2D eigenvalue weighted by atomic mass is 35.5. The molecule has 0 N–H and O–H groups in total. The van der Waals surface area contributed by atoms with Crippen molar-refractivity contribution in [2.24, 2.45) is 0 Å². The van der Waals surface area contributed by atoms with Crippen molar-refractivity contribution in [1.29, 1.82) is 0 Å². The first-order valence-electron chi connectivity index (χ1n) is 6.09. The molecule has 0 radical (unpaired) electrons. The van der Waals surface area contributed by atoms with E-state index >= 15 is 0 Å². The molecule has 0 fully saturated rings. The van der Waals surface area contributed by atoms with Gasteiger partial charge in [0.25, 0.3) is 0 Å². The van der Waals surface area contributed by atoms with E-state index in [1.807, 2.05) is 18.2 Å². The second kappa shape index (κ2) is 7.32. The van der Waals surface area contributed by atoms with Crippen molar-refractivity contribution in [3.05, 3.63) is 64.9 Å². The molecule has 1 aromatic heterocycles. The highest BCUT2D eigenvalue weighted by Gasteiger charge is 2.09. The smallest absolute Gasteiger partial charge is 0.339 e. The number of esters is 1. The van der Waals surface area contributed by atoms with Gasteiger partial charge in [0, 0.05) is 12.6 Å². The average molecular weight is 286 g/mol. The van der Waals surface area contributed by atoms with Crippen LogP contribution in [0.2, 0.25) is 5.02 Å². The number of carbonyl (C=O) groups excluding carboxylic acids is 1. The van der Waals surface area contributed by atoms with Crippen LogP contribution in [0.15, 0.2) is 48.7 Å². The Morgan fingerprint density at radius 1 is 1.20 bits per heavy atom. The van der Waals surface area contributed by atoms with Gasteiger partial charge >= 0.3 is 5.97 Å². The molecule has 0 spiro atoms. The zero-order chi connectivity index (χ0) is 14.2. The first-order valence-corrected chi connectivity index (χ1v) is 6.47. The van der Waals surface area contributed by atoms with Crippen LogP contribution in [0.1, 0.15) is 22.5 Å². The second-order valence-corrected chi connectivity index (χ2v) is 4.29. The summed E-state index contributed by atoms with van der Waals surface area (Å²) in [6, 6.07) is 12.3. The van der Waals surface area contributed by atoms with Crippen molar-refractivity contribution >= 4 is 17.6 Å². The maximum atomic E-state index is 11.7. The van der Waals surface area contributed by atoms with Crippen molar-refractivity contribution in [1.82, 2.24) is 4.98 Å². The summed E-state index contributed by atoms with van der Waals surface area (Å²) >= 11 is 5.90. The van der Waals surface area contributed by atoms with Crippen LogP contribution in [0.3, 0.4) is 0 Å². The molecule has 0 saturated carbocycles. The molecule has 1 heterocycles. The van der Waals surface area contributed by atoms with Crippen LogP contribution in [0.5, 0.6) is 0 Å². The van der Waals surface area contributed by atoms with E-state index in [2.05, 4.69) is 16.8 Å². The molecular formula is C16H12ClNO2. The zero-order valence-corrected chi connectivity index (χ0v) is 11.4. The Morgan fingerprint density at radius 3 is 2.75 bits per heavy atom. The van der Waals surface area contributed by atoms with Crippen LogP contribution in [0, 0.1) is 11.8 Å². The summed E-state index contributed by atoms with van der Waals surface area (Å²) in [5, 5.41) is 0.386. The fourth-order valence-corrected chi connectivity index (χ4v) is 1.70. The first-order chi connectivity index (χ1) is 9.77. The highest BCUT2D eigenvalue weighted by molar-refractivity contribution is 6.33. The van der Waals surface area contributed by atoms with E-state index in [-0.39, 0.29) is 6.61 Å². The minimum absolute atomic E-state index is 0.226. The van der Waals surface area contributed by atoms with Gasteiger partial charge in [-0.25, -0.2) is 9.78 Å². The molecule has 0 unspecified atom stereocenters. The van der Waals surface area contributed by atoms with Crippen LogP contribution in [0.4, 0.5) is 0 Å². The molecule has 0 aliphatic heterocycles. The number of pyridine rings is 1. The fraction of sp³-hybridized carbons (Fsp3) is 0.125. The number of halogens is 1. The fourth-order valence-electron chi connectivity index (χ4n) is 1.49. The van der Waals surface area contributed by atoms with Crippen LogP contribution in [-0.4, -0.2) is 17.6 Å². The average Bonchev–Trinajstić information content (AvgIpc) is 2.48. The lowest BCUT2D eigenvalue weighted by atomic mass is 10.2. The molecule has 1 aromatic carbocycles. The van der Waals surface area contributed by atoms with E-state index in [0.717, 1.165) is 0 Å². The standard InChI is InChI=1S/C16H12ClNO2/c17-15-10-2-1-9-14(15)16(19)20-12-6-4-8-13-7-3-5-11-18-13/h1-3,5,7,9-11H,6,12H2. The third-order valence-corrected chi connectivity index (χ3v) is 2.76. The molecule has 0 aliphatic carbocycles. The Kier molecular flexibility index (Phi) is 5.16. The molecule has 2 rings (SSSR count). The third kappa shape index (κ3) is 4.11. The lowest BCUT2D eigenvalue weighted by Gasteiger charge is -2.03. The van der Waals surface area contributed by atoms with Gasteiger partial charge in [0.05, 0.1) is 10.6 Å². The Balaban J connectivity index is 1.81. The molecule has 2 aromatic rings. The summed E-state index contributed by atoms with van der Waals surface area (Å²) < 4.78 is 5.10. The molecule has 20 heavy (non-hydrogen) atoms. The number of aromatic nitrogens is 1. The topological polar surface area (TPSA) is 39.2 Å². The van der Waals surface area contributed by atoms with Crippen LogP contribution < -0.4 is 0 Å². The van der Waals surface area contributed by atoms with E-state index in [1.54, 1.807) is 30.5 Å². The van der Waals surface area contributed by atoms with Crippen molar-refractivity contribution in [3.63, 3.8) is 0 Å². The summed E-state index contributed by atoms with van der Waals surface area (Å²) in [6.07, 6.45) is 2.13. The van der Waals surface area contributed by atoms with Gasteiger partial charge < -0.3 is 4.74 Å². The molecule has 0 bridgehead atoms. The van der Waals surface area contributed by atoms with Crippen molar-refractivity contribution in [3.8, 4) is 11.8 Å². The molecule has 3 nitrogen and oxygen atoms in total. The molecule has 0 atom stereocenters. The molecule has 0 aliphatic rings. The van der Waals surface area contributed by atoms with E-state index in [0.29, 0.717) is 22.7 Å². The number of benzene rings is 1. The predicted molar refractivity (Wildman–Crippen MR) is 77.5 cm³/mol. The second-order valence-electron chi connectivity index (χ2n) is 3.88. The van der Waals surface area contributed by atoms with E-state index in [1.165, 1.54) is 0 Å². The normalized spacial score (nSPS) is 9.45. The zero-order valence-electron chi connectivity index (χ0n) is 10.7. The first kappa shape index (κ1) is 14.1. The highest BCUT2D eigenvalue weighted by Crippen LogP contribution is 2.15. The van der Waals surface area contributed by atoms with Gasteiger partial charge in [0.1, 0.15) is 12.3 Å². The van der Waals surface area contributed by atoms with Gasteiger partial charge in [0.2, 0.25) is 0 Å². The summed E-state index contributed by atoms with van der Waals surface area (Å²) in [6.45, 7) is 0.226. The van der Waals surface area contributed by atoms with Gasteiger partial charge in [0.15, 0.2) is 0 Å². The van der Waals surface area contributed by atoms with Gasteiger partial charge in [-0.05, 0) is 30.2 Å². The van der Waals surface area contributed by atoms with E-state index in [9.17, 15) is 4.79 Å². The quantitative estimate of drug-likeness (QED) is 0.493. The number of hydrogen-bond donors (Lipinski definition) is 0. The maximum absolute atomic E-state index is 11.7. The maximum Gasteiger partial charge on any atom is 0.339 e.